The molecule has 22 heavy (non-hydrogen) atoms. The molecule has 1 saturated heterocycles. The van der Waals surface area contributed by atoms with Gasteiger partial charge in [-0.05, 0) is 70.3 Å². The van der Waals surface area contributed by atoms with Gasteiger partial charge in [0.15, 0.2) is 0 Å². The number of carbonyl (C=O) groups is 1. The van der Waals surface area contributed by atoms with E-state index in [0.29, 0.717) is 12.3 Å². The van der Waals surface area contributed by atoms with Crippen LogP contribution in [0.25, 0.3) is 0 Å². The molecule has 1 aliphatic heterocycles. The minimum Gasteiger partial charge on any atom is -0.341 e. The van der Waals surface area contributed by atoms with E-state index in [-0.39, 0.29) is 12.1 Å². The quantitative estimate of drug-likeness (QED) is 0.818. The number of nitrogens with two attached hydrogens (primary N) is 1. The van der Waals surface area contributed by atoms with E-state index < -0.39 is 0 Å². The molecule has 1 aromatic rings. The fraction of sp³-hybridized carbons (Fsp3) is 0.611. The molecule has 1 aromatic carbocycles. The van der Waals surface area contributed by atoms with Crippen LogP contribution >= 0.6 is 0 Å². The molecular weight excluding hydrogens is 274 g/mol. The summed E-state index contributed by atoms with van der Waals surface area (Å²) in [7, 11) is 2.15. The maximum atomic E-state index is 12.2. The van der Waals surface area contributed by atoms with Gasteiger partial charge in [0.05, 0.1) is 12.6 Å². The van der Waals surface area contributed by atoms with Crippen LogP contribution in [-0.2, 0) is 11.2 Å². The number of amides is 1. The first-order valence-electron chi connectivity index (χ1n) is 8.23. The zero-order chi connectivity index (χ0) is 16.1. The molecule has 0 bridgehead atoms. The molecule has 1 heterocycles. The molecule has 2 rings (SSSR count). The van der Waals surface area contributed by atoms with E-state index in [1.165, 1.54) is 18.4 Å². The highest BCUT2D eigenvalue weighted by atomic mass is 16.1. The van der Waals surface area contributed by atoms with E-state index in [2.05, 4.69) is 35.5 Å². The number of carbonyl (C=O) groups excluding carboxylic acids is 1. The Morgan fingerprint density at radius 2 is 2.05 bits per heavy atom. The molecule has 1 unspecified atom stereocenters. The van der Waals surface area contributed by atoms with Crippen LogP contribution in [-0.4, -0.2) is 37.1 Å². The number of piperidine rings is 1. The summed E-state index contributed by atoms with van der Waals surface area (Å²) < 4.78 is 0. The van der Waals surface area contributed by atoms with Crippen molar-refractivity contribution in [1.29, 1.82) is 0 Å². The highest BCUT2D eigenvalue weighted by Crippen LogP contribution is 2.20. The number of hydrogen-bond donors (Lipinski definition) is 2. The second kappa shape index (κ2) is 7.75. The van der Waals surface area contributed by atoms with Crippen molar-refractivity contribution in [3.8, 4) is 0 Å². The average molecular weight is 303 g/mol. The van der Waals surface area contributed by atoms with Gasteiger partial charge in [-0.25, -0.2) is 0 Å². The summed E-state index contributed by atoms with van der Waals surface area (Å²) in [5.41, 5.74) is 9.54. The molecule has 0 radical (unpaired) electrons. The summed E-state index contributed by atoms with van der Waals surface area (Å²) in [5, 5.41) is 2.96. The Kier molecular flexibility index (Phi) is 5.98. The van der Waals surface area contributed by atoms with Crippen LogP contribution in [0, 0.1) is 19.8 Å². The van der Waals surface area contributed by atoms with Crippen molar-refractivity contribution in [2.75, 3.05) is 20.1 Å². The van der Waals surface area contributed by atoms with Crippen LogP contribution < -0.4 is 11.1 Å². The molecule has 0 aliphatic carbocycles. The third-order valence-corrected chi connectivity index (χ3v) is 4.63. The minimum atomic E-state index is -0.231. The Labute approximate surface area is 134 Å². The van der Waals surface area contributed by atoms with Gasteiger partial charge < -0.3 is 16.0 Å². The normalized spacial score (nSPS) is 18.2. The van der Waals surface area contributed by atoms with E-state index in [1.54, 1.807) is 0 Å². The number of likely N-dealkylation sites (tertiary alicyclic amines) is 1. The molecule has 0 spiro atoms. The summed E-state index contributed by atoms with van der Waals surface area (Å²) in [6.07, 6.45) is 3.42. The molecule has 122 valence electrons. The molecule has 3 N–H and O–H groups in total. The summed E-state index contributed by atoms with van der Waals surface area (Å²) in [6.45, 7) is 6.36. The van der Waals surface area contributed by atoms with Gasteiger partial charge >= 0.3 is 0 Å². The standard InChI is InChI=1S/C18H29N3O/c1-13-4-5-14(2)16(10-13)12-18(22)20-17(19)11-15-6-8-21(3)9-7-15/h4-5,10,15,17H,6-9,11-12,19H2,1-3H3,(H,20,22). The number of nitrogens with one attached hydrogen (secondary N) is 1. The molecule has 1 atom stereocenters. The summed E-state index contributed by atoms with van der Waals surface area (Å²) >= 11 is 0. The molecule has 4 nitrogen and oxygen atoms in total. The van der Waals surface area contributed by atoms with Gasteiger partial charge in [-0.1, -0.05) is 23.8 Å². The molecular formula is C18H29N3O. The smallest absolute Gasteiger partial charge is 0.225 e. The Balaban J connectivity index is 1.80. The van der Waals surface area contributed by atoms with Crippen LogP contribution in [0.3, 0.4) is 0 Å². The third-order valence-electron chi connectivity index (χ3n) is 4.63. The molecule has 0 aromatic heterocycles. The van der Waals surface area contributed by atoms with Gasteiger partial charge in [0.2, 0.25) is 5.91 Å². The highest BCUT2D eigenvalue weighted by molar-refractivity contribution is 5.79. The first-order valence-corrected chi connectivity index (χ1v) is 8.23. The van der Waals surface area contributed by atoms with E-state index >= 15 is 0 Å². The predicted molar refractivity (Wildman–Crippen MR) is 90.6 cm³/mol. The van der Waals surface area contributed by atoms with Gasteiger partial charge in [0, 0.05) is 0 Å². The highest BCUT2D eigenvalue weighted by Gasteiger charge is 2.20. The lowest BCUT2D eigenvalue weighted by molar-refractivity contribution is -0.121. The number of rotatable bonds is 5. The fourth-order valence-corrected chi connectivity index (χ4v) is 3.14. The van der Waals surface area contributed by atoms with E-state index in [0.717, 1.165) is 30.6 Å². The molecule has 1 aliphatic rings. The van der Waals surface area contributed by atoms with Crippen molar-refractivity contribution in [3.05, 3.63) is 34.9 Å². The van der Waals surface area contributed by atoms with Crippen molar-refractivity contribution in [3.63, 3.8) is 0 Å². The zero-order valence-electron chi connectivity index (χ0n) is 14.1. The Bertz CT molecular complexity index is 507. The monoisotopic (exact) mass is 303 g/mol. The maximum Gasteiger partial charge on any atom is 0.225 e. The Morgan fingerprint density at radius 1 is 1.36 bits per heavy atom. The van der Waals surface area contributed by atoms with E-state index in [9.17, 15) is 4.79 Å². The van der Waals surface area contributed by atoms with Crippen molar-refractivity contribution in [2.45, 2.75) is 45.7 Å². The lowest BCUT2D eigenvalue weighted by Crippen LogP contribution is -2.44. The zero-order valence-corrected chi connectivity index (χ0v) is 14.1. The molecule has 1 fully saturated rings. The molecule has 1 amide bonds. The van der Waals surface area contributed by atoms with Gasteiger partial charge in [0.1, 0.15) is 0 Å². The Morgan fingerprint density at radius 3 is 2.73 bits per heavy atom. The van der Waals surface area contributed by atoms with Crippen molar-refractivity contribution < 1.29 is 4.79 Å². The van der Waals surface area contributed by atoms with Crippen molar-refractivity contribution in [1.82, 2.24) is 10.2 Å². The minimum absolute atomic E-state index is 0.0223. The van der Waals surface area contributed by atoms with Gasteiger partial charge in [-0.3, -0.25) is 4.79 Å². The summed E-state index contributed by atoms with van der Waals surface area (Å²) in [4.78, 5) is 14.5. The average Bonchev–Trinajstić information content (AvgIpc) is 2.45. The largest absolute Gasteiger partial charge is 0.341 e. The van der Waals surface area contributed by atoms with Crippen LogP contribution in [0.1, 0.15) is 36.0 Å². The number of benzene rings is 1. The first kappa shape index (κ1) is 17.0. The van der Waals surface area contributed by atoms with Crippen LogP contribution in [0.2, 0.25) is 0 Å². The molecule has 0 saturated carbocycles. The Hall–Kier alpha value is -1.39. The van der Waals surface area contributed by atoms with Crippen molar-refractivity contribution in [2.24, 2.45) is 11.7 Å². The lowest BCUT2D eigenvalue weighted by Gasteiger charge is -2.30. The van der Waals surface area contributed by atoms with E-state index in [4.69, 9.17) is 5.73 Å². The van der Waals surface area contributed by atoms with Crippen LogP contribution in [0.5, 0.6) is 0 Å². The second-order valence-electron chi connectivity index (χ2n) is 6.76. The molecule has 4 heteroatoms. The summed E-state index contributed by atoms with van der Waals surface area (Å²) in [6, 6.07) is 6.22. The van der Waals surface area contributed by atoms with Gasteiger partial charge in [0.25, 0.3) is 0 Å². The number of aryl methyl sites for hydroxylation is 2. The lowest BCUT2D eigenvalue weighted by atomic mass is 9.92. The summed E-state index contributed by atoms with van der Waals surface area (Å²) in [5.74, 6) is 0.654. The predicted octanol–water partition coefficient (Wildman–Crippen LogP) is 1.98. The maximum absolute atomic E-state index is 12.2. The fourth-order valence-electron chi connectivity index (χ4n) is 3.14. The first-order chi connectivity index (χ1) is 10.4. The number of nitrogens with zero attached hydrogens (tertiary/aromatic N) is 1. The van der Waals surface area contributed by atoms with Crippen LogP contribution in [0.4, 0.5) is 0 Å². The second-order valence-corrected chi connectivity index (χ2v) is 6.76. The number of hydrogen-bond acceptors (Lipinski definition) is 3. The van der Waals surface area contributed by atoms with Crippen LogP contribution in [0.15, 0.2) is 18.2 Å². The van der Waals surface area contributed by atoms with Crippen molar-refractivity contribution >= 4 is 5.91 Å². The SMILES string of the molecule is Cc1ccc(C)c(CC(=O)NC(N)CC2CCN(C)CC2)c1. The third kappa shape index (κ3) is 5.11. The van der Waals surface area contributed by atoms with Gasteiger partial charge in [-0.15, -0.1) is 0 Å². The van der Waals surface area contributed by atoms with Gasteiger partial charge in [-0.2, -0.15) is 0 Å². The van der Waals surface area contributed by atoms with E-state index in [1.807, 2.05) is 13.8 Å². The topological polar surface area (TPSA) is 58.4 Å².